The summed E-state index contributed by atoms with van der Waals surface area (Å²) in [6, 6.07) is 8.80. The summed E-state index contributed by atoms with van der Waals surface area (Å²) in [5.41, 5.74) is 2.24. The third-order valence-electron chi connectivity index (χ3n) is 4.60. The number of rotatable bonds is 6. The van der Waals surface area contributed by atoms with Gasteiger partial charge in [0.05, 0.1) is 6.54 Å². The molecule has 0 aromatic heterocycles. The fourth-order valence-electron chi connectivity index (χ4n) is 3.38. The Hall–Kier alpha value is -1.35. The molecule has 0 radical (unpaired) electrons. The zero-order valence-corrected chi connectivity index (χ0v) is 14.5. The minimum Gasteiger partial charge on any atom is -0.311 e. The number of anilines is 1. The molecule has 1 aliphatic heterocycles. The van der Waals surface area contributed by atoms with Gasteiger partial charge in [-0.05, 0) is 50.3 Å². The van der Waals surface area contributed by atoms with Gasteiger partial charge in [-0.1, -0.05) is 32.4 Å². The van der Waals surface area contributed by atoms with E-state index in [1.54, 1.807) is 0 Å². The van der Waals surface area contributed by atoms with E-state index in [1.165, 1.54) is 12.0 Å². The Bertz CT molecular complexity index is 500. The van der Waals surface area contributed by atoms with Gasteiger partial charge in [-0.2, -0.15) is 0 Å². The van der Waals surface area contributed by atoms with Gasteiger partial charge in [-0.15, -0.1) is 0 Å². The number of amides is 1. The van der Waals surface area contributed by atoms with Crippen molar-refractivity contribution < 1.29 is 4.79 Å². The van der Waals surface area contributed by atoms with Crippen LogP contribution in [0.2, 0.25) is 0 Å². The highest BCUT2D eigenvalue weighted by molar-refractivity contribution is 5.94. The molecule has 22 heavy (non-hydrogen) atoms. The van der Waals surface area contributed by atoms with Crippen LogP contribution in [0.4, 0.5) is 5.69 Å². The Kier molecular flexibility index (Phi) is 6.01. The van der Waals surface area contributed by atoms with Crippen molar-refractivity contribution in [2.75, 3.05) is 24.5 Å². The second kappa shape index (κ2) is 7.77. The molecule has 0 N–H and O–H groups in total. The van der Waals surface area contributed by atoms with Gasteiger partial charge in [0.25, 0.3) is 0 Å². The first-order chi connectivity index (χ1) is 10.5. The first-order valence-electron chi connectivity index (χ1n) is 8.62. The molecule has 1 aliphatic rings. The van der Waals surface area contributed by atoms with Crippen LogP contribution >= 0.6 is 0 Å². The van der Waals surface area contributed by atoms with E-state index in [-0.39, 0.29) is 5.91 Å². The number of carbonyl (C=O) groups is 1. The van der Waals surface area contributed by atoms with Crippen LogP contribution in [0.1, 0.15) is 45.6 Å². The van der Waals surface area contributed by atoms with E-state index in [2.05, 4.69) is 50.8 Å². The third-order valence-corrected chi connectivity index (χ3v) is 4.60. The SMILES string of the molecule is CCCCN(C(=O)CN1CC(C)CC1C)c1cccc(C)c1. The molecule has 1 aromatic carbocycles. The number of carbonyl (C=O) groups excluding carboxylic acids is 1. The van der Waals surface area contributed by atoms with Gasteiger partial charge in [-0.3, -0.25) is 9.69 Å². The van der Waals surface area contributed by atoms with Crippen LogP contribution in [0.3, 0.4) is 0 Å². The lowest BCUT2D eigenvalue weighted by molar-refractivity contribution is -0.119. The quantitative estimate of drug-likeness (QED) is 0.796. The lowest BCUT2D eigenvalue weighted by Crippen LogP contribution is -2.42. The van der Waals surface area contributed by atoms with E-state index in [0.717, 1.165) is 31.6 Å². The maximum absolute atomic E-state index is 12.9. The third kappa shape index (κ3) is 4.33. The van der Waals surface area contributed by atoms with E-state index < -0.39 is 0 Å². The monoisotopic (exact) mass is 302 g/mol. The Labute approximate surface area is 135 Å². The van der Waals surface area contributed by atoms with Gasteiger partial charge >= 0.3 is 0 Å². The van der Waals surface area contributed by atoms with E-state index in [4.69, 9.17) is 0 Å². The van der Waals surface area contributed by atoms with Gasteiger partial charge in [-0.25, -0.2) is 0 Å². The maximum atomic E-state index is 12.9. The molecule has 1 aromatic rings. The fourth-order valence-corrected chi connectivity index (χ4v) is 3.38. The van der Waals surface area contributed by atoms with Crippen LogP contribution in [-0.2, 0) is 4.79 Å². The fraction of sp³-hybridized carbons (Fsp3) is 0.632. The molecule has 2 unspecified atom stereocenters. The van der Waals surface area contributed by atoms with Crippen molar-refractivity contribution in [1.29, 1.82) is 0 Å². The van der Waals surface area contributed by atoms with Crippen LogP contribution in [0.15, 0.2) is 24.3 Å². The van der Waals surface area contributed by atoms with Gasteiger partial charge in [0, 0.05) is 24.8 Å². The predicted molar refractivity (Wildman–Crippen MR) is 93.3 cm³/mol. The average molecular weight is 302 g/mol. The number of likely N-dealkylation sites (tertiary alicyclic amines) is 1. The molecule has 1 amide bonds. The first-order valence-corrected chi connectivity index (χ1v) is 8.62. The molecule has 0 spiro atoms. The smallest absolute Gasteiger partial charge is 0.241 e. The normalized spacial score (nSPS) is 22.0. The molecule has 3 nitrogen and oxygen atoms in total. The number of hydrogen-bond donors (Lipinski definition) is 0. The zero-order chi connectivity index (χ0) is 16.1. The summed E-state index contributed by atoms with van der Waals surface area (Å²) in [5, 5.41) is 0. The Balaban J connectivity index is 2.09. The second-order valence-electron chi connectivity index (χ2n) is 6.86. The molecule has 3 heteroatoms. The standard InChI is InChI=1S/C19H30N2O/c1-5-6-10-21(18-9-7-8-15(2)12-18)19(22)14-20-13-16(3)11-17(20)4/h7-9,12,16-17H,5-6,10-11,13-14H2,1-4H3. The number of hydrogen-bond acceptors (Lipinski definition) is 2. The number of unbranched alkanes of at least 4 members (excludes halogenated alkanes) is 1. The van der Waals surface area contributed by atoms with Crippen molar-refractivity contribution in [3.8, 4) is 0 Å². The summed E-state index contributed by atoms with van der Waals surface area (Å²) < 4.78 is 0. The molecule has 1 fully saturated rings. The van der Waals surface area contributed by atoms with Crippen molar-refractivity contribution in [2.45, 2.75) is 53.0 Å². The predicted octanol–water partition coefficient (Wildman–Crippen LogP) is 3.86. The highest BCUT2D eigenvalue weighted by atomic mass is 16.2. The van der Waals surface area contributed by atoms with E-state index in [1.807, 2.05) is 11.0 Å². The number of aryl methyl sites for hydroxylation is 1. The molecular formula is C19H30N2O. The molecule has 122 valence electrons. The maximum Gasteiger partial charge on any atom is 0.241 e. The minimum absolute atomic E-state index is 0.236. The van der Waals surface area contributed by atoms with Crippen LogP contribution in [-0.4, -0.2) is 36.5 Å². The van der Waals surface area contributed by atoms with Gasteiger partial charge in [0.15, 0.2) is 0 Å². The Morgan fingerprint density at radius 2 is 2.14 bits per heavy atom. The van der Waals surface area contributed by atoms with E-state index >= 15 is 0 Å². The molecule has 2 rings (SSSR count). The zero-order valence-electron chi connectivity index (χ0n) is 14.5. The highest BCUT2D eigenvalue weighted by Crippen LogP contribution is 2.23. The van der Waals surface area contributed by atoms with Gasteiger partial charge in [0.1, 0.15) is 0 Å². The van der Waals surface area contributed by atoms with Crippen LogP contribution in [0.5, 0.6) is 0 Å². The molecular weight excluding hydrogens is 272 g/mol. The molecule has 1 heterocycles. The molecule has 0 aliphatic carbocycles. The van der Waals surface area contributed by atoms with E-state index in [0.29, 0.717) is 18.5 Å². The van der Waals surface area contributed by atoms with Crippen molar-refractivity contribution in [1.82, 2.24) is 4.90 Å². The van der Waals surface area contributed by atoms with Gasteiger partial charge < -0.3 is 4.90 Å². The van der Waals surface area contributed by atoms with Crippen LogP contribution in [0, 0.1) is 12.8 Å². The topological polar surface area (TPSA) is 23.6 Å². The van der Waals surface area contributed by atoms with Crippen molar-refractivity contribution >= 4 is 11.6 Å². The summed E-state index contributed by atoms with van der Waals surface area (Å²) in [5.74, 6) is 0.936. The summed E-state index contributed by atoms with van der Waals surface area (Å²) in [6.07, 6.45) is 3.35. The summed E-state index contributed by atoms with van der Waals surface area (Å²) in [4.78, 5) is 17.2. The first kappa shape index (κ1) is 17.0. The van der Waals surface area contributed by atoms with E-state index in [9.17, 15) is 4.79 Å². The van der Waals surface area contributed by atoms with Gasteiger partial charge in [0.2, 0.25) is 5.91 Å². The summed E-state index contributed by atoms with van der Waals surface area (Å²) >= 11 is 0. The summed E-state index contributed by atoms with van der Waals surface area (Å²) in [7, 11) is 0. The largest absolute Gasteiger partial charge is 0.311 e. The number of benzene rings is 1. The molecule has 0 bridgehead atoms. The van der Waals surface area contributed by atoms with Crippen molar-refractivity contribution in [3.63, 3.8) is 0 Å². The van der Waals surface area contributed by atoms with Crippen molar-refractivity contribution in [3.05, 3.63) is 29.8 Å². The van der Waals surface area contributed by atoms with Crippen LogP contribution < -0.4 is 4.90 Å². The second-order valence-corrected chi connectivity index (χ2v) is 6.86. The Morgan fingerprint density at radius 1 is 1.36 bits per heavy atom. The lowest BCUT2D eigenvalue weighted by atomic mass is 10.1. The minimum atomic E-state index is 0.236. The molecule has 0 saturated carbocycles. The Morgan fingerprint density at radius 3 is 2.73 bits per heavy atom. The lowest BCUT2D eigenvalue weighted by Gasteiger charge is -2.27. The molecule has 1 saturated heterocycles. The van der Waals surface area contributed by atoms with Crippen LogP contribution in [0.25, 0.3) is 0 Å². The number of nitrogens with zero attached hydrogens (tertiary/aromatic N) is 2. The average Bonchev–Trinajstić information content (AvgIpc) is 2.77. The molecule has 2 atom stereocenters. The summed E-state index contributed by atoms with van der Waals surface area (Å²) in [6.45, 7) is 11.2. The van der Waals surface area contributed by atoms with Crippen molar-refractivity contribution in [2.24, 2.45) is 5.92 Å². The highest BCUT2D eigenvalue weighted by Gasteiger charge is 2.29.